The normalized spacial score (nSPS) is 13.7. The second kappa shape index (κ2) is 6.82. The Morgan fingerprint density at radius 3 is 1.17 bits per heavy atom. The maximum atomic E-state index is 12.3. The van der Waals surface area contributed by atoms with Crippen LogP contribution in [-0.4, -0.2) is 27.9 Å². The summed E-state index contributed by atoms with van der Waals surface area (Å²) in [4.78, 5) is 0. The summed E-state index contributed by atoms with van der Waals surface area (Å²) in [5, 5.41) is 0. The molecule has 0 saturated heterocycles. The third-order valence-electron chi connectivity index (χ3n) is 1.95. The van der Waals surface area contributed by atoms with Crippen LogP contribution in [0.25, 0.3) is 0 Å². The molecule has 1 rings (SSSR count). The van der Waals surface area contributed by atoms with Gasteiger partial charge in [-0.3, -0.25) is 0 Å². The number of hydrogen-bond acceptors (Lipinski definition) is 6. The predicted molar refractivity (Wildman–Crippen MR) is 83.1 cm³/mol. The molecule has 6 nitrogen and oxygen atoms in total. The Bertz CT molecular complexity index is 774. The molecule has 0 heterocycles. The lowest BCUT2D eigenvalue weighted by Gasteiger charge is -2.15. The number of hydrogen-bond donors (Lipinski definition) is 0. The monoisotopic (exact) mass is 626 g/mol. The van der Waals surface area contributed by atoms with Gasteiger partial charge in [-0.1, -0.05) is 0 Å². The minimum absolute atomic E-state index is 0.0670. The van der Waals surface area contributed by atoms with Gasteiger partial charge in [0.1, 0.15) is 0 Å². The number of rotatable bonds is 4. The Morgan fingerprint density at radius 2 is 0.958 bits per heavy atom. The molecule has 0 aromatic heterocycles. The van der Waals surface area contributed by atoms with E-state index in [1.54, 1.807) is 0 Å². The third kappa shape index (κ3) is 4.90. The Balaban J connectivity index is 3.45. The summed E-state index contributed by atoms with van der Waals surface area (Å²) in [6.45, 7) is 0. The van der Waals surface area contributed by atoms with Crippen molar-refractivity contribution in [1.29, 1.82) is 0 Å². The molecule has 0 N–H and O–H groups in total. The first-order chi connectivity index (χ1) is 10.5. The highest BCUT2D eigenvalue weighted by Gasteiger charge is 2.51. The first-order valence-electron chi connectivity index (χ1n) is 4.98. The molecule has 1 aromatic carbocycles. The number of benzene rings is 1. The molecule has 0 aliphatic heterocycles. The lowest BCUT2D eigenvalue weighted by molar-refractivity contribution is -0.0513. The summed E-state index contributed by atoms with van der Waals surface area (Å²) in [6, 6.07) is 1.15. The summed E-state index contributed by atoms with van der Waals surface area (Å²) < 4.78 is 125. The van der Waals surface area contributed by atoms with Crippen molar-refractivity contribution in [3.8, 4) is 11.5 Å². The van der Waals surface area contributed by atoms with Crippen molar-refractivity contribution in [3.05, 3.63) is 19.3 Å². The molecule has 1 aromatic rings. The van der Waals surface area contributed by atoms with E-state index in [1.807, 2.05) is 0 Å². The molecule has 16 heteroatoms. The van der Waals surface area contributed by atoms with E-state index in [0.29, 0.717) is 12.1 Å². The van der Waals surface area contributed by atoms with Crippen molar-refractivity contribution in [1.82, 2.24) is 0 Å². The van der Waals surface area contributed by atoms with Crippen LogP contribution in [0.2, 0.25) is 0 Å². The van der Waals surface area contributed by atoms with Gasteiger partial charge in [-0.2, -0.15) is 43.2 Å². The zero-order valence-corrected chi connectivity index (χ0v) is 16.4. The van der Waals surface area contributed by atoms with Crippen molar-refractivity contribution in [2.24, 2.45) is 0 Å². The summed E-state index contributed by atoms with van der Waals surface area (Å²) in [5.41, 5.74) is -11.8. The largest absolute Gasteiger partial charge is 0.534 e. The van der Waals surface area contributed by atoms with Gasteiger partial charge in [0, 0.05) is 19.3 Å². The van der Waals surface area contributed by atoms with Gasteiger partial charge in [-0.25, -0.2) is 0 Å². The Labute approximate surface area is 158 Å². The number of alkyl halides is 6. The van der Waals surface area contributed by atoms with Crippen LogP contribution in [0.5, 0.6) is 11.5 Å². The summed E-state index contributed by atoms with van der Waals surface area (Å²) in [6.07, 6.45) is 0. The molecular formula is C8H2F6I2O6S2. The summed E-state index contributed by atoms with van der Waals surface area (Å²) in [7, 11) is -12.5. The third-order valence-corrected chi connectivity index (χ3v) is 6.70. The quantitative estimate of drug-likeness (QED) is 0.221. The van der Waals surface area contributed by atoms with E-state index < -0.39 is 42.8 Å². The molecule has 0 saturated carbocycles. The molecule has 0 fully saturated rings. The van der Waals surface area contributed by atoms with Crippen LogP contribution in [0.1, 0.15) is 0 Å². The fourth-order valence-electron chi connectivity index (χ4n) is 0.971. The van der Waals surface area contributed by atoms with Crippen molar-refractivity contribution >= 4 is 65.4 Å². The van der Waals surface area contributed by atoms with Crippen LogP contribution < -0.4 is 8.37 Å². The molecular weight excluding hydrogens is 624 g/mol. The zero-order valence-electron chi connectivity index (χ0n) is 10.4. The molecule has 0 unspecified atom stereocenters. The van der Waals surface area contributed by atoms with Crippen molar-refractivity contribution in [3.63, 3.8) is 0 Å². The van der Waals surface area contributed by atoms with E-state index in [9.17, 15) is 43.2 Å². The maximum absolute atomic E-state index is 12.3. The van der Waals surface area contributed by atoms with Gasteiger partial charge in [0.25, 0.3) is 0 Å². The first-order valence-corrected chi connectivity index (χ1v) is 9.96. The van der Waals surface area contributed by atoms with E-state index in [1.165, 1.54) is 45.2 Å². The molecule has 0 amide bonds. The fourth-order valence-corrected chi connectivity index (χ4v) is 2.77. The van der Waals surface area contributed by atoms with Crippen molar-refractivity contribution in [2.45, 2.75) is 11.0 Å². The van der Waals surface area contributed by atoms with Gasteiger partial charge in [-0.05, 0) is 45.2 Å². The highest BCUT2D eigenvalue weighted by molar-refractivity contribution is 14.1. The SMILES string of the molecule is O=S(=O)(Oc1cc(I)c(I)cc1OS(=O)(=O)C(F)(F)F)C(F)(F)F. The van der Waals surface area contributed by atoms with Gasteiger partial charge < -0.3 is 8.37 Å². The predicted octanol–water partition coefficient (Wildman–Crippen LogP) is 3.35. The van der Waals surface area contributed by atoms with Gasteiger partial charge >= 0.3 is 31.3 Å². The second-order valence-corrected chi connectivity index (χ2v) is 9.08. The maximum Gasteiger partial charge on any atom is 0.534 e. The zero-order chi connectivity index (χ0) is 19.1. The fraction of sp³-hybridized carbons (Fsp3) is 0.250. The van der Waals surface area contributed by atoms with E-state index in [2.05, 4.69) is 8.37 Å². The molecule has 0 aliphatic rings. The lowest BCUT2D eigenvalue weighted by atomic mass is 10.3. The highest BCUT2D eigenvalue weighted by atomic mass is 127. The van der Waals surface area contributed by atoms with E-state index in [0.717, 1.165) is 0 Å². The molecule has 0 bridgehead atoms. The molecule has 24 heavy (non-hydrogen) atoms. The van der Waals surface area contributed by atoms with E-state index >= 15 is 0 Å². The second-order valence-electron chi connectivity index (χ2n) is 3.68. The summed E-state index contributed by atoms with van der Waals surface area (Å²) in [5.74, 6) is -2.74. The van der Waals surface area contributed by atoms with Crippen LogP contribution in [0.15, 0.2) is 12.1 Å². The van der Waals surface area contributed by atoms with Gasteiger partial charge in [-0.15, -0.1) is 0 Å². The van der Waals surface area contributed by atoms with Gasteiger partial charge in [0.15, 0.2) is 11.5 Å². The van der Waals surface area contributed by atoms with Crippen LogP contribution in [-0.2, 0) is 20.2 Å². The molecule has 138 valence electrons. The minimum Gasteiger partial charge on any atom is -0.372 e. The molecule has 0 aliphatic carbocycles. The topological polar surface area (TPSA) is 86.7 Å². The van der Waals surface area contributed by atoms with Crippen molar-refractivity contribution < 1.29 is 51.5 Å². The Morgan fingerprint density at radius 1 is 0.708 bits per heavy atom. The Kier molecular flexibility index (Phi) is 6.19. The smallest absolute Gasteiger partial charge is 0.372 e. The van der Waals surface area contributed by atoms with Crippen LogP contribution in [0.3, 0.4) is 0 Å². The van der Waals surface area contributed by atoms with Crippen LogP contribution in [0, 0.1) is 7.14 Å². The summed E-state index contributed by atoms with van der Waals surface area (Å²) >= 11 is 3.00. The van der Waals surface area contributed by atoms with Crippen LogP contribution >= 0.6 is 45.2 Å². The van der Waals surface area contributed by atoms with Crippen LogP contribution in [0.4, 0.5) is 26.3 Å². The Hall–Kier alpha value is -0.240. The molecule has 0 spiro atoms. The highest BCUT2D eigenvalue weighted by Crippen LogP contribution is 2.38. The molecule has 0 radical (unpaired) electrons. The van der Waals surface area contributed by atoms with Gasteiger partial charge in [0.2, 0.25) is 0 Å². The lowest BCUT2D eigenvalue weighted by Crippen LogP contribution is -2.30. The average molecular weight is 626 g/mol. The van der Waals surface area contributed by atoms with Gasteiger partial charge in [0.05, 0.1) is 0 Å². The first kappa shape index (κ1) is 21.8. The average Bonchev–Trinajstić information content (AvgIpc) is 2.31. The van der Waals surface area contributed by atoms with E-state index in [4.69, 9.17) is 0 Å². The number of halogens is 8. The van der Waals surface area contributed by atoms with E-state index in [-0.39, 0.29) is 7.14 Å². The minimum atomic E-state index is -6.26. The molecule has 0 atom stereocenters. The van der Waals surface area contributed by atoms with Crippen molar-refractivity contribution in [2.75, 3.05) is 0 Å². The standard InChI is InChI=1S/C8H2F6I2O6S2/c9-7(10,11)23(17,18)21-5-1-3(15)4(16)2-6(5)22-24(19,20)8(12,13)14/h1-2H.